The van der Waals surface area contributed by atoms with E-state index in [0.717, 1.165) is 0 Å². The van der Waals surface area contributed by atoms with Crippen LogP contribution in [0.2, 0.25) is 0 Å². The van der Waals surface area contributed by atoms with Gasteiger partial charge in [0.15, 0.2) is 0 Å². The normalized spacial score (nSPS) is 13.4. The molecule has 1 unspecified atom stereocenters. The maximum Gasteiger partial charge on any atom is 0.335 e. The number of carboxylic acid groups (broad SMARTS) is 1. The number of carboxylic acids is 1. The molecule has 1 atom stereocenters. The smallest absolute Gasteiger partial charge is 0.335 e. The molecular formula is C14H20BrNO4S. The molecule has 7 heteroatoms. The largest absolute Gasteiger partial charge is 0.478 e. The van der Waals surface area contributed by atoms with Crippen molar-refractivity contribution in [2.75, 3.05) is 0 Å². The summed E-state index contributed by atoms with van der Waals surface area (Å²) >= 11 is 3.21. The van der Waals surface area contributed by atoms with E-state index in [1.807, 2.05) is 20.8 Å². The van der Waals surface area contributed by atoms with Gasteiger partial charge >= 0.3 is 5.97 Å². The van der Waals surface area contributed by atoms with Gasteiger partial charge < -0.3 is 5.11 Å². The molecule has 1 aromatic carbocycles. The quantitative estimate of drug-likeness (QED) is 0.797. The van der Waals surface area contributed by atoms with E-state index in [-0.39, 0.29) is 22.4 Å². The number of benzene rings is 1. The highest BCUT2D eigenvalue weighted by Crippen LogP contribution is 2.26. The minimum absolute atomic E-state index is 0.00613. The van der Waals surface area contributed by atoms with Gasteiger partial charge in [0, 0.05) is 10.5 Å². The van der Waals surface area contributed by atoms with Crippen LogP contribution in [-0.2, 0) is 10.0 Å². The summed E-state index contributed by atoms with van der Waals surface area (Å²) < 4.78 is 28.2. The maximum atomic E-state index is 12.5. The SMILES string of the molecule is CCC(NS(=O)(=O)c1cc(C(=O)O)cc(Br)c1C)C(C)C. The Morgan fingerprint density at radius 2 is 1.95 bits per heavy atom. The van der Waals surface area contributed by atoms with Gasteiger partial charge in [-0.3, -0.25) is 0 Å². The summed E-state index contributed by atoms with van der Waals surface area (Å²) in [5.74, 6) is -1.01. The molecule has 0 radical (unpaired) electrons. The minimum Gasteiger partial charge on any atom is -0.478 e. The van der Waals surface area contributed by atoms with Gasteiger partial charge in [-0.1, -0.05) is 36.7 Å². The maximum absolute atomic E-state index is 12.5. The van der Waals surface area contributed by atoms with Crippen molar-refractivity contribution in [3.05, 3.63) is 27.7 Å². The van der Waals surface area contributed by atoms with Crippen LogP contribution >= 0.6 is 15.9 Å². The Labute approximate surface area is 133 Å². The molecule has 0 aliphatic heterocycles. The zero-order chi connectivity index (χ0) is 16.4. The Balaban J connectivity index is 3.34. The van der Waals surface area contributed by atoms with Crippen LogP contribution in [0.15, 0.2) is 21.5 Å². The van der Waals surface area contributed by atoms with Crippen LogP contribution in [0.4, 0.5) is 0 Å². The zero-order valence-electron chi connectivity index (χ0n) is 12.5. The third-order valence-electron chi connectivity index (χ3n) is 3.38. The first-order valence-electron chi connectivity index (χ1n) is 6.66. The predicted octanol–water partition coefficient (Wildman–Crippen LogP) is 3.17. The Morgan fingerprint density at radius 1 is 1.38 bits per heavy atom. The van der Waals surface area contributed by atoms with Gasteiger partial charge in [-0.25, -0.2) is 17.9 Å². The first kappa shape index (κ1) is 18.1. The summed E-state index contributed by atoms with van der Waals surface area (Å²) in [6.07, 6.45) is 0.662. The van der Waals surface area contributed by atoms with Crippen molar-refractivity contribution in [2.24, 2.45) is 5.92 Å². The molecule has 0 heterocycles. The lowest BCUT2D eigenvalue weighted by atomic mass is 10.0. The summed E-state index contributed by atoms with van der Waals surface area (Å²) in [7, 11) is -3.77. The molecule has 0 bridgehead atoms. The highest BCUT2D eigenvalue weighted by molar-refractivity contribution is 9.10. The second kappa shape index (κ2) is 6.89. The van der Waals surface area contributed by atoms with Gasteiger partial charge in [-0.05, 0) is 37.0 Å². The van der Waals surface area contributed by atoms with Gasteiger partial charge in [0.2, 0.25) is 10.0 Å². The third-order valence-corrected chi connectivity index (χ3v) is 5.82. The summed E-state index contributed by atoms with van der Waals surface area (Å²) in [5, 5.41) is 9.07. The summed E-state index contributed by atoms with van der Waals surface area (Å²) in [6.45, 7) is 7.42. The first-order valence-corrected chi connectivity index (χ1v) is 8.93. The van der Waals surface area contributed by atoms with Crippen LogP contribution in [0.25, 0.3) is 0 Å². The molecule has 0 fully saturated rings. The highest BCUT2D eigenvalue weighted by atomic mass is 79.9. The Kier molecular flexibility index (Phi) is 5.95. The lowest BCUT2D eigenvalue weighted by molar-refractivity contribution is 0.0696. The summed E-state index contributed by atoms with van der Waals surface area (Å²) in [5.41, 5.74) is 0.427. The van der Waals surface area contributed by atoms with Crippen LogP contribution < -0.4 is 4.72 Å². The number of carbonyl (C=O) groups is 1. The van der Waals surface area contributed by atoms with E-state index in [4.69, 9.17) is 5.11 Å². The fraction of sp³-hybridized carbons (Fsp3) is 0.500. The Hall–Kier alpha value is -0.920. The number of hydrogen-bond acceptors (Lipinski definition) is 3. The van der Waals surface area contributed by atoms with Crippen molar-refractivity contribution < 1.29 is 18.3 Å². The number of hydrogen-bond donors (Lipinski definition) is 2. The molecule has 0 aromatic heterocycles. The lowest BCUT2D eigenvalue weighted by Gasteiger charge is -2.21. The minimum atomic E-state index is -3.77. The van der Waals surface area contributed by atoms with Crippen LogP contribution in [0.3, 0.4) is 0 Å². The van der Waals surface area contributed by atoms with Gasteiger partial charge in [0.05, 0.1) is 10.5 Å². The van der Waals surface area contributed by atoms with Gasteiger partial charge in [-0.2, -0.15) is 0 Å². The number of aromatic carboxylic acids is 1. The van der Waals surface area contributed by atoms with Gasteiger partial charge in [0.25, 0.3) is 0 Å². The molecule has 0 spiro atoms. The average Bonchev–Trinajstić information content (AvgIpc) is 2.38. The van der Waals surface area contributed by atoms with Crippen LogP contribution in [-0.4, -0.2) is 25.5 Å². The first-order chi connectivity index (χ1) is 9.60. The molecular weight excluding hydrogens is 358 g/mol. The van der Waals surface area contributed by atoms with E-state index >= 15 is 0 Å². The van der Waals surface area contributed by atoms with Crippen LogP contribution in [0.5, 0.6) is 0 Å². The number of rotatable bonds is 6. The number of sulfonamides is 1. The highest BCUT2D eigenvalue weighted by Gasteiger charge is 2.25. The predicted molar refractivity (Wildman–Crippen MR) is 85.1 cm³/mol. The van der Waals surface area contributed by atoms with E-state index in [2.05, 4.69) is 20.7 Å². The molecule has 2 N–H and O–H groups in total. The van der Waals surface area contributed by atoms with E-state index < -0.39 is 16.0 Å². The van der Waals surface area contributed by atoms with E-state index in [1.165, 1.54) is 12.1 Å². The number of halogens is 1. The molecule has 1 rings (SSSR count). The Bertz CT molecular complexity index is 641. The molecule has 21 heavy (non-hydrogen) atoms. The molecule has 0 aliphatic carbocycles. The summed E-state index contributed by atoms with van der Waals surface area (Å²) in [4.78, 5) is 11.1. The molecule has 5 nitrogen and oxygen atoms in total. The average molecular weight is 378 g/mol. The van der Waals surface area contributed by atoms with E-state index in [0.29, 0.717) is 16.5 Å². The summed E-state index contributed by atoms with van der Waals surface area (Å²) in [6, 6.07) is 2.40. The van der Waals surface area contributed by atoms with Crippen molar-refractivity contribution in [1.82, 2.24) is 4.72 Å². The van der Waals surface area contributed by atoms with Gasteiger partial charge in [-0.15, -0.1) is 0 Å². The standard InChI is InChI=1S/C14H20BrNO4S/c1-5-12(8(2)3)16-21(19,20)13-7-10(14(17)18)6-11(15)9(13)4/h6-8,12,16H,5H2,1-4H3,(H,17,18). The monoisotopic (exact) mass is 377 g/mol. The fourth-order valence-corrected chi connectivity index (χ4v) is 4.36. The zero-order valence-corrected chi connectivity index (χ0v) is 14.9. The van der Waals surface area contributed by atoms with Gasteiger partial charge in [0.1, 0.15) is 0 Å². The molecule has 0 saturated heterocycles. The van der Waals surface area contributed by atoms with Crippen molar-refractivity contribution in [1.29, 1.82) is 0 Å². The molecule has 1 aromatic rings. The van der Waals surface area contributed by atoms with E-state index in [1.54, 1.807) is 6.92 Å². The van der Waals surface area contributed by atoms with Crippen LogP contribution in [0.1, 0.15) is 43.1 Å². The van der Waals surface area contributed by atoms with Crippen molar-refractivity contribution in [3.63, 3.8) is 0 Å². The fourth-order valence-electron chi connectivity index (χ4n) is 2.01. The second-order valence-electron chi connectivity index (χ2n) is 5.27. The Morgan fingerprint density at radius 3 is 2.38 bits per heavy atom. The second-order valence-corrected chi connectivity index (χ2v) is 7.80. The van der Waals surface area contributed by atoms with Crippen LogP contribution in [0, 0.1) is 12.8 Å². The topological polar surface area (TPSA) is 83.5 Å². The van der Waals surface area contributed by atoms with Crippen molar-refractivity contribution in [2.45, 2.75) is 45.1 Å². The molecule has 118 valence electrons. The molecule has 0 aliphatic rings. The van der Waals surface area contributed by atoms with Crippen molar-refractivity contribution >= 4 is 31.9 Å². The number of nitrogens with one attached hydrogen (secondary N) is 1. The lowest BCUT2D eigenvalue weighted by Crippen LogP contribution is -2.38. The third kappa shape index (κ3) is 4.28. The van der Waals surface area contributed by atoms with Crippen molar-refractivity contribution in [3.8, 4) is 0 Å². The molecule has 0 amide bonds. The van der Waals surface area contributed by atoms with E-state index in [9.17, 15) is 13.2 Å². The molecule has 0 saturated carbocycles.